The van der Waals surface area contributed by atoms with Gasteiger partial charge >= 0.3 is 6.09 Å². The van der Waals surface area contributed by atoms with Gasteiger partial charge in [0.15, 0.2) is 6.10 Å². The number of nitriles is 1. The molecule has 0 heterocycles. The second-order valence-electron chi connectivity index (χ2n) is 6.57. The van der Waals surface area contributed by atoms with Crippen LogP contribution in [-0.2, 0) is 14.3 Å². The lowest BCUT2D eigenvalue weighted by Crippen LogP contribution is -2.28. The molecule has 0 aliphatic heterocycles. The molecule has 0 saturated heterocycles. The van der Waals surface area contributed by atoms with E-state index in [9.17, 15) is 14.7 Å². The molecule has 2 atom stereocenters. The minimum atomic E-state index is -0.976. The number of allylic oxidation sites excluding steroid dienone is 1. The van der Waals surface area contributed by atoms with Crippen molar-refractivity contribution in [1.82, 2.24) is 5.48 Å². The fourth-order valence-electron chi connectivity index (χ4n) is 2.86. The van der Waals surface area contributed by atoms with E-state index in [1.807, 2.05) is 6.07 Å². The number of hydrogen-bond acceptors (Lipinski definition) is 7. The fourth-order valence-corrected chi connectivity index (χ4v) is 3.24. The first-order valence-corrected chi connectivity index (χ1v) is 10.3. The molecular weight excluding hydrogens is 482 g/mol. The number of phenols is 1. The Morgan fingerprint density at radius 2 is 1.97 bits per heavy atom. The first-order chi connectivity index (χ1) is 15.4. The van der Waals surface area contributed by atoms with Crippen LogP contribution in [0.1, 0.15) is 30.1 Å². The third-order valence-corrected chi connectivity index (χ3v) is 4.92. The zero-order chi connectivity index (χ0) is 23.5. The van der Waals surface area contributed by atoms with Gasteiger partial charge in [-0.15, -0.1) is 0 Å². The molecule has 2 aromatic carbocycles. The van der Waals surface area contributed by atoms with Crippen LogP contribution < -0.4 is 10.8 Å². The van der Waals surface area contributed by atoms with E-state index in [1.165, 1.54) is 24.7 Å². The quantitative estimate of drug-likeness (QED) is 0.228. The van der Waals surface area contributed by atoms with Gasteiger partial charge in [-0.2, -0.15) is 5.26 Å². The molecule has 0 aromatic heterocycles. The van der Waals surface area contributed by atoms with Crippen molar-refractivity contribution in [1.29, 1.82) is 5.26 Å². The van der Waals surface area contributed by atoms with Crippen molar-refractivity contribution in [2.45, 2.75) is 25.0 Å². The lowest BCUT2D eigenvalue weighted by molar-refractivity contribution is -0.124. The third-order valence-electron chi connectivity index (χ3n) is 4.43. The standard InChI is InChI=1S/C22H22BrN3O6/c1-31-19(4-2-3-5-20(28)26-30)21(17-12-15(23)8-11-18(17)27)32-22(29)25-16-9-6-14(13-24)7-10-16/h3,5-12,19,21,27,30H,2,4H2,1H3,(H,25,29)(H,26,28)/b5-3+/t19-,21-/m1/s1. The summed E-state index contributed by atoms with van der Waals surface area (Å²) in [4.78, 5) is 23.7. The number of rotatable bonds is 9. The lowest BCUT2D eigenvalue weighted by atomic mass is 9.99. The molecule has 0 fully saturated rings. The highest BCUT2D eigenvalue weighted by atomic mass is 79.9. The molecule has 4 N–H and O–H groups in total. The van der Waals surface area contributed by atoms with Gasteiger partial charge in [0.2, 0.25) is 0 Å². The predicted octanol–water partition coefficient (Wildman–Crippen LogP) is 4.17. The molecule has 2 amide bonds. The van der Waals surface area contributed by atoms with Crippen LogP contribution in [-0.4, -0.2) is 35.5 Å². The van der Waals surface area contributed by atoms with E-state index < -0.39 is 24.2 Å². The van der Waals surface area contributed by atoms with Crippen LogP contribution >= 0.6 is 15.9 Å². The lowest BCUT2D eigenvalue weighted by Gasteiger charge is -2.27. The summed E-state index contributed by atoms with van der Waals surface area (Å²) < 4.78 is 11.8. The van der Waals surface area contributed by atoms with E-state index in [2.05, 4.69) is 21.2 Å². The van der Waals surface area contributed by atoms with Crippen molar-refractivity contribution in [3.8, 4) is 11.8 Å². The molecular formula is C22H22BrN3O6. The van der Waals surface area contributed by atoms with Crippen molar-refractivity contribution in [2.24, 2.45) is 0 Å². The summed E-state index contributed by atoms with van der Waals surface area (Å²) >= 11 is 3.34. The van der Waals surface area contributed by atoms with Gasteiger partial charge in [-0.1, -0.05) is 22.0 Å². The van der Waals surface area contributed by atoms with Crippen LogP contribution in [0.5, 0.6) is 5.75 Å². The number of amides is 2. The second kappa shape index (κ2) is 12.5. The molecule has 2 aromatic rings. The highest BCUT2D eigenvalue weighted by Gasteiger charge is 2.29. The molecule has 0 unspecified atom stereocenters. The number of halogens is 1. The number of aromatic hydroxyl groups is 1. The molecule has 0 aliphatic rings. The summed E-state index contributed by atoms with van der Waals surface area (Å²) in [7, 11) is 1.44. The summed E-state index contributed by atoms with van der Waals surface area (Å²) in [6, 6.07) is 13.0. The molecule has 0 bridgehead atoms. The highest BCUT2D eigenvalue weighted by molar-refractivity contribution is 9.10. The number of nitrogens with zero attached hydrogens (tertiary/aromatic N) is 1. The fraction of sp³-hybridized carbons (Fsp3) is 0.227. The first-order valence-electron chi connectivity index (χ1n) is 9.47. The molecule has 0 radical (unpaired) electrons. The minimum Gasteiger partial charge on any atom is -0.508 e. The van der Waals surface area contributed by atoms with Crippen LogP contribution in [0.15, 0.2) is 59.1 Å². The number of ether oxygens (including phenoxy) is 2. The number of nitrogens with one attached hydrogen (secondary N) is 2. The van der Waals surface area contributed by atoms with Gasteiger partial charge in [0, 0.05) is 28.9 Å². The average molecular weight is 504 g/mol. The Kier molecular flexibility index (Phi) is 9.69. The highest BCUT2D eigenvalue weighted by Crippen LogP contribution is 2.35. The predicted molar refractivity (Wildman–Crippen MR) is 119 cm³/mol. The van der Waals surface area contributed by atoms with E-state index >= 15 is 0 Å². The SMILES string of the molecule is CO[C@H](CC/C=C/C(=O)NO)[C@H](OC(=O)Nc1ccc(C#N)cc1)c1cc(Br)ccc1O. The van der Waals surface area contributed by atoms with E-state index in [1.54, 1.807) is 36.4 Å². The molecule has 0 spiro atoms. The molecule has 32 heavy (non-hydrogen) atoms. The number of hydrogen-bond donors (Lipinski definition) is 4. The van der Waals surface area contributed by atoms with Crippen LogP contribution in [0, 0.1) is 11.3 Å². The molecule has 10 heteroatoms. The topological polar surface area (TPSA) is 141 Å². The van der Waals surface area contributed by atoms with Crippen molar-refractivity contribution >= 4 is 33.6 Å². The summed E-state index contributed by atoms with van der Waals surface area (Å²) in [5, 5.41) is 30.4. The molecule has 168 valence electrons. The van der Waals surface area contributed by atoms with Gasteiger partial charge in [0.25, 0.3) is 5.91 Å². The summed E-state index contributed by atoms with van der Waals surface area (Å²) in [5.41, 5.74) is 2.70. The summed E-state index contributed by atoms with van der Waals surface area (Å²) in [6.07, 6.45) is 0.990. The zero-order valence-electron chi connectivity index (χ0n) is 17.1. The number of phenolic OH excluding ortho intramolecular Hbond substituents is 1. The van der Waals surface area contributed by atoms with Gasteiger partial charge in [0.05, 0.1) is 17.7 Å². The van der Waals surface area contributed by atoms with Crippen LogP contribution in [0.4, 0.5) is 10.5 Å². The maximum atomic E-state index is 12.6. The van der Waals surface area contributed by atoms with Crippen LogP contribution in [0.3, 0.4) is 0 Å². The second-order valence-corrected chi connectivity index (χ2v) is 7.49. The van der Waals surface area contributed by atoms with Crippen molar-refractivity contribution in [2.75, 3.05) is 12.4 Å². The van der Waals surface area contributed by atoms with Gasteiger partial charge in [-0.3, -0.25) is 15.3 Å². The maximum Gasteiger partial charge on any atom is 0.412 e. The van der Waals surface area contributed by atoms with E-state index in [0.29, 0.717) is 34.1 Å². The van der Waals surface area contributed by atoms with Gasteiger partial charge < -0.3 is 14.6 Å². The minimum absolute atomic E-state index is 0.0818. The van der Waals surface area contributed by atoms with Crippen molar-refractivity contribution < 1.29 is 29.4 Å². The number of methoxy groups -OCH3 is 1. The summed E-state index contributed by atoms with van der Waals surface area (Å²) in [5.74, 6) is -0.750. The monoisotopic (exact) mass is 503 g/mol. The van der Waals surface area contributed by atoms with Crippen LogP contribution in [0.25, 0.3) is 0 Å². The van der Waals surface area contributed by atoms with Gasteiger partial charge in [-0.25, -0.2) is 10.3 Å². The molecule has 2 rings (SSSR count). The Labute approximate surface area is 193 Å². The Morgan fingerprint density at radius 1 is 1.25 bits per heavy atom. The Morgan fingerprint density at radius 3 is 2.59 bits per heavy atom. The van der Waals surface area contributed by atoms with Gasteiger partial charge in [-0.05, 0) is 55.3 Å². The van der Waals surface area contributed by atoms with E-state index in [0.717, 1.165) is 6.08 Å². The maximum absolute atomic E-state index is 12.6. The third kappa shape index (κ3) is 7.39. The Balaban J connectivity index is 2.21. The van der Waals surface area contributed by atoms with E-state index in [4.69, 9.17) is 19.9 Å². The number of hydroxylamine groups is 1. The normalized spacial score (nSPS) is 12.6. The first kappa shape index (κ1) is 24.9. The zero-order valence-corrected chi connectivity index (χ0v) is 18.7. The number of benzene rings is 2. The average Bonchev–Trinajstić information content (AvgIpc) is 2.80. The molecule has 0 aliphatic carbocycles. The largest absolute Gasteiger partial charge is 0.508 e. The smallest absolute Gasteiger partial charge is 0.412 e. The van der Waals surface area contributed by atoms with Gasteiger partial charge in [0.1, 0.15) is 5.75 Å². The molecule has 0 saturated carbocycles. The van der Waals surface area contributed by atoms with E-state index in [-0.39, 0.29) is 5.75 Å². The Hall–Kier alpha value is -3.39. The van der Waals surface area contributed by atoms with Crippen molar-refractivity contribution in [3.05, 3.63) is 70.2 Å². The number of carbonyl (C=O) groups excluding carboxylic acids is 2. The Bertz CT molecular complexity index is 1000. The summed E-state index contributed by atoms with van der Waals surface area (Å²) in [6.45, 7) is 0. The van der Waals surface area contributed by atoms with Crippen molar-refractivity contribution in [3.63, 3.8) is 0 Å². The number of carbonyl (C=O) groups is 2. The number of anilines is 1. The molecule has 9 nitrogen and oxygen atoms in total. The van der Waals surface area contributed by atoms with Crippen LogP contribution in [0.2, 0.25) is 0 Å².